The van der Waals surface area contributed by atoms with Crippen molar-refractivity contribution < 1.29 is 14.6 Å². The first-order valence-electron chi connectivity index (χ1n) is 11.9. The van der Waals surface area contributed by atoms with Gasteiger partial charge in [-0.15, -0.1) is 0 Å². The third-order valence-corrected chi connectivity index (χ3v) is 5.97. The van der Waals surface area contributed by atoms with Crippen LogP contribution in [0.3, 0.4) is 0 Å². The van der Waals surface area contributed by atoms with Gasteiger partial charge in [0.2, 0.25) is 5.95 Å². The van der Waals surface area contributed by atoms with E-state index >= 15 is 0 Å². The van der Waals surface area contributed by atoms with Crippen LogP contribution in [-0.2, 0) is 7.05 Å². The van der Waals surface area contributed by atoms with Crippen LogP contribution in [0.5, 0.6) is 17.2 Å². The number of nitrogens with one attached hydrogen (secondary N) is 2. The number of benzene rings is 3. The number of hydrogen-bond donors (Lipinski definition) is 3. The molecule has 3 N–H and O–H groups in total. The summed E-state index contributed by atoms with van der Waals surface area (Å²) in [4.78, 5) is 21.5. The number of aromatic nitrogens is 3. The summed E-state index contributed by atoms with van der Waals surface area (Å²) in [6.07, 6.45) is 1.51. The number of rotatable bonds is 7. The molecular formula is C29H27N5O3. The Balaban J connectivity index is 1.33. The van der Waals surface area contributed by atoms with Crippen LogP contribution in [0.1, 0.15) is 35.8 Å². The summed E-state index contributed by atoms with van der Waals surface area (Å²) in [5.74, 6) is 1.87. The molecule has 186 valence electrons. The van der Waals surface area contributed by atoms with E-state index in [4.69, 9.17) is 9.72 Å². The highest BCUT2D eigenvalue weighted by Crippen LogP contribution is 2.29. The molecule has 2 heterocycles. The molecule has 5 aromatic rings. The zero-order chi connectivity index (χ0) is 25.9. The van der Waals surface area contributed by atoms with Crippen LogP contribution < -0.4 is 15.4 Å². The third-order valence-electron chi connectivity index (χ3n) is 5.97. The van der Waals surface area contributed by atoms with Crippen molar-refractivity contribution in [1.29, 1.82) is 0 Å². The van der Waals surface area contributed by atoms with Gasteiger partial charge in [-0.05, 0) is 53.9 Å². The first-order valence-corrected chi connectivity index (χ1v) is 11.9. The van der Waals surface area contributed by atoms with Crippen molar-refractivity contribution in [2.24, 2.45) is 7.05 Å². The summed E-state index contributed by atoms with van der Waals surface area (Å²) in [7, 11) is 1.96. The number of fused-ring (bicyclic) bond motifs is 1. The summed E-state index contributed by atoms with van der Waals surface area (Å²) in [6.45, 7) is 4.34. The van der Waals surface area contributed by atoms with E-state index < -0.39 is 5.91 Å². The highest BCUT2D eigenvalue weighted by Gasteiger charge is 2.13. The monoisotopic (exact) mass is 493 g/mol. The number of phenols is 1. The van der Waals surface area contributed by atoms with Gasteiger partial charge in [-0.25, -0.2) is 4.98 Å². The molecule has 0 bridgehead atoms. The number of amides is 1. The normalized spacial score (nSPS) is 11.0. The molecule has 3 aromatic carbocycles. The van der Waals surface area contributed by atoms with Crippen LogP contribution in [0.4, 0.5) is 17.3 Å². The van der Waals surface area contributed by atoms with Gasteiger partial charge in [0.15, 0.2) is 0 Å². The van der Waals surface area contributed by atoms with E-state index in [-0.39, 0.29) is 11.4 Å². The van der Waals surface area contributed by atoms with E-state index in [9.17, 15) is 9.90 Å². The Bertz CT molecular complexity index is 1590. The SMILES string of the molecule is CC(C)c1cccc(Nc2nc3cc(Oc4ccnc(C(=O)Nc5cccc(O)c5)c4)ccc3n2C)c1. The number of aryl methyl sites for hydroxylation is 1. The van der Waals surface area contributed by atoms with Crippen molar-refractivity contribution in [3.05, 3.63) is 96.3 Å². The summed E-state index contributed by atoms with van der Waals surface area (Å²) in [5, 5.41) is 15.7. The number of carbonyl (C=O) groups is 1. The van der Waals surface area contributed by atoms with Gasteiger partial charge in [0.05, 0.1) is 11.0 Å². The van der Waals surface area contributed by atoms with Crippen LogP contribution in [0.25, 0.3) is 11.0 Å². The Labute approximate surface area is 214 Å². The van der Waals surface area contributed by atoms with Gasteiger partial charge in [0, 0.05) is 42.8 Å². The Morgan fingerprint density at radius 1 is 0.946 bits per heavy atom. The Hall–Kier alpha value is -4.85. The average molecular weight is 494 g/mol. The van der Waals surface area contributed by atoms with Crippen molar-refractivity contribution in [2.45, 2.75) is 19.8 Å². The smallest absolute Gasteiger partial charge is 0.274 e. The lowest BCUT2D eigenvalue weighted by Crippen LogP contribution is -2.13. The average Bonchev–Trinajstić information content (AvgIpc) is 3.18. The van der Waals surface area contributed by atoms with Crippen LogP contribution in [0, 0.1) is 0 Å². The van der Waals surface area contributed by atoms with Crippen molar-refractivity contribution in [3.8, 4) is 17.2 Å². The highest BCUT2D eigenvalue weighted by molar-refractivity contribution is 6.03. The van der Waals surface area contributed by atoms with Gasteiger partial charge in [0.1, 0.15) is 22.9 Å². The van der Waals surface area contributed by atoms with Crippen LogP contribution in [0.2, 0.25) is 0 Å². The highest BCUT2D eigenvalue weighted by atomic mass is 16.5. The van der Waals surface area contributed by atoms with Crippen LogP contribution >= 0.6 is 0 Å². The first kappa shape index (κ1) is 23.9. The number of imidazole rings is 1. The fourth-order valence-electron chi connectivity index (χ4n) is 3.97. The van der Waals surface area contributed by atoms with E-state index in [0.717, 1.165) is 22.7 Å². The number of pyridine rings is 1. The predicted molar refractivity (Wildman–Crippen MR) is 145 cm³/mol. The molecule has 0 aliphatic rings. The number of anilines is 3. The summed E-state index contributed by atoms with van der Waals surface area (Å²) in [5.41, 5.74) is 4.63. The Morgan fingerprint density at radius 2 is 1.73 bits per heavy atom. The van der Waals surface area contributed by atoms with Crippen molar-refractivity contribution >= 4 is 34.3 Å². The second-order valence-electron chi connectivity index (χ2n) is 9.03. The summed E-state index contributed by atoms with van der Waals surface area (Å²) in [6, 6.07) is 23.6. The standard InChI is InChI=1S/C29H27N5O3/c1-18(2)19-6-4-7-20(14-19)32-29-33-25-16-23(10-11-27(25)34(29)3)37-24-12-13-30-26(17-24)28(36)31-21-8-5-9-22(35)15-21/h4-18,35H,1-3H3,(H,31,36)(H,32,33). The molecule has 0 aliphatic carbocycles. The molecule has 0 spiro atoms. The fourth-order valence-corrected chi connectivity index (χ4v) is 3.97. The van der Waals surface area contributed by atoms with Crippen molar-refractivity contribution in [1.82, 2.24) is 14.5 Å². The Kier molecular flexibility index (Phi) is 6.47. The molecule has 0 aliphatic heterocycles. The first-order chi connectivity index (χ1) is 17.9. The minimum atomic E-state index is -0.409. The maximum Gasteiger partial charge on any atom is 0.274 e. The number of ether oxygens (including phenoxy) is 1. The van der Waals surface area contributed by atoms with Crippen molar-refractivity contribution in [3.63, 3.8) is 0 Å². The molecule has 37 heavy (non-hydrogen) atoms. The largest absolute Gasteiger partial charge is 0.508 e. The van der Waals surface area contributed by atoms with E-state index in [1.807, 2.05) is 41.9 Å². The van der Waals surface area contributed by atoms with Gasteiger partial charge in [-0.1, -0.05) is 32.0 Å². The molecule has 0 atom stereocenters. The summed E-state index contributed by atoms with van der Waals surface area (Å²) < 4.78 is 8.02. The molecule has 0 saturated heterocycles. The minimum Gasteiger partial charge on any atom is -0.508 e. The molecule has 0 fully saturated rings. The number of nitrogens with zero attached hydrogens (tertiary/aromatic N) is 3. The van der Waals surface area contributed by atoms with E-state index in [0.29, 0.717) is 23.1 Å². The zero-order valence-corrected chi connectivity index (χ0v) is 20.8. The number of hydrogen-bond acceptors (Lipinski definition) is 6. The topological polar surface area (TPSA) is 101 Å². The maximum absolute atomic E-state index is 12.6. The molecule has 2 aromatic heterocycles. The van der Waals surface area contributed by atoms with Gasteiger partial charge >= 0.3 is 0 Å². The quantitative estimate of drug-likeness (QED) is 0.237. The maximum atomic E-state index is 12.6. The lowest BCUT2D eigenvalue weighted by atomic mass is 10.0. The molecule has 1 amide bonds. The molecule has 8 nitrogen and oxygen atoms in total. The fraction of sp³-hybridized carbons (Fsp3) is 0.138. The number of carbonyl (C=O) groups excluding carboxylic acids is 1. The summed E-state index contributed by atoms with van der Waals surface area (Å²) >= 11 is 0. The van der Waals surface area contributed by atoms with E-state index in [1.165, 1.54) is 23.9 Å². The van der Waals surface area contributed by atoms with Gasteiger partial charge in [0.25, 0.3) is 5.91 Å². The lowest BCUT2D eigenvalue weighted by Gasteiger charge is -2.10. The lowest BCUT2D eigenvalue weighted by molar-refractivity contribution is 0.102. The van der Waals surface area contributed by atoms with Gasteiger partial charge in [-0.2, -0.15) is 0 Å². The van der Waals surface area contributed by atoms with E-state index in [1.54, 1.807) is 24.3 Å². The number of phenolic OH excluding ortho intramolecular Hbond substituents is 1. The molecular weight excluding hydrogens is 466 g/mol. The molecule has 0 radical (unpaired) electrons. The van der Waals surface area contributed by atoms with Gasteiger partial charge < -0.3 is 25.0 Å². The van der Waals surface area contributed by atoms with Crippen LogP contribution in [0.15, 0.2) is 85.1 Å². The van der Waals surface area contributed by atoms with E-state index in [2.05, 4.69) is 41.6 Å². The molecule has 8 heteroatoms. The Morgan fingerprint density at radius 3 is 2.54 bits per heavy atom. The second-order valence-corrected chi connectivity index (χ2v) is 9.03. The van der Waals surface area contributed by atoms with Gasteiger partial charge in [-0.3, -0.25) is 9.78 Å². The molecule has 0 saturated carbocycles. The minimum absolute atomic E-state index is 0.0650. The number of aromatic hydroxyl groups is 1. The van der Waals surface area contributed by atoms with Crippen molar-refractivity contribution in [2.75, 3.05) is 10.6 Å². The predicted octanol–water partition coefficient (Wildman–Crippen LogP) is 6.59. The molecule has 5 rings (SSSR count). The second kappa shape index (κ2) is 10.0. The van der Waals surface area contributed by atoms with Crippen LogP contribution in [-0.4, -0.2) is 25.5 Å². The molecule has 0 unspecified atom stereocenters. The third kappa shape index (κ3) is 5.38. The zero-order valence-electron chi connectivity index (χ0n) is 20.8.